The first-order valence-corrected chi connectivity index (χ1v) is 11.5. The lowest BCUT2D eigenvalue weighted by Crippen LogP contribution is -2.20. The summed E-state index contributed by atoms with van der Waals surface area (Å²) in [7, 11) is 1.63. The average Bonchev–Trinajstić information content (AvgIpc) is 3.38. The number of aromatic nitrogens is 5. The first-order chi connectivity index (χ1) is 17.4. The van der Waals surface area contributed by atoms with E-state index in [-0.39, 0.29) is 24.8 Å². The van der Waals surface area contributed by atoms with Crippen molar-refractivity contribution in [3.63, 3.8) is 0 Å². The van der Waals surface area contributed by atoms with E-state index in [4.69, 9.17) is 4.74 Å². The summed E-state index contributed by atoms with van der Waals surface area (Å²) in [5.41, 5.74) is 4.72. The molecule has 0 bridgehead atoms. The van der Waals surface area contributed by atoms with Crippen LogP contribution in [0.5, 0.6) is 5.75 Å². The van der Waals surface area contributed by atoms with Gasteiger partial charge in [0, 0.05) is 28.9 Å². The number of fused-ring (bicyclic) bond motifs is 1. The third-order valence-corrected chi connectivity index (χ3v) is 6.03. The molecule has 0 saturated carbocycles. The highest BCUT2D eigenvalue weighted by molar-refractivity contribution is 5.96. The van der Waals surface area contributed by atoms with Crippen LogP contribution in [0.15, 0.2) is 66.9 Å². The third-order valence-electron chi connectivity index (χ3n) is 6.03. The van der Waals surface area contributed by atoms with Crippen molar-refractivity contribution in [2.45, 2.75) is 26.9 Å². The lowest BCUT2D eigenvalue weighted by atomic mass is 10.0. The molecule has 3 heterocycles. The number of anilines is 1. The number of hydrogen-bond donors (Lipinski definition) is 1. The molecule has 9 heteroatoms. The number of halogens is 1. The number of benzene rings is 2. The van der Waals surface area contributed by atoms with Gasteiger partial charge in [-0.15, -0.1) is 0 Å². The summed E-state index contributed by atoms with van der Waals surface area (Å²) in [6.07, 6.45) is 1.71. The highest BCUT2D eigenvalue weighted by Crippen LogP contribution is 2.31. The van der Waals surface area contributed by atoms with E-state index in [1.54, 1.807) is 46.9 Å². The maximum absolute atomic E-state index is 14.0. The second-order valence-electron chi connectivity index (χ2n) is 8.50. The standard InChI is InChI=1S/C27H25FN6O2/c1-17-14-24(32-33(17)15-20-6-4-5-7-23(20)28)30-25(35)16-34-27-26(18(2)31-34)22(12-13-29-27)19-8-10-21(36-3)11-9-19/h4-14H,15-16H2,1-3H3,(H,30,32,35). The lowest BCUT2D eigenvalue weighted by molar-refractivity contribution is -0.116. The summed E-state index contributed by atoms with van der Waals surface area (Å²) in [6.45, 7) is 4.01. The number of rotatable bonds is 7. The Hall–Kier alpha value is -4.53. The van der Waals surface area contributed by atoms with Gasteiger partial charge in [-0.05, 0) is 49.2 Å². The van der Waals surface area contributed by atoms with Crippen molar-refractivity contribution >= 4 is 22.8 Å². The Morgan fingerprint density at radius 3 is 2.56 bits per heavy atom. The van der Waals surface area contributed by atoms with Crippen molar-refractivity contribution in [3.8, 4) is 16.9 Å². The topological polar surface area (TPSA) is 86.9 Å². The van der Waals surface area contributed by atoms with Gasteiger partial charge in [0.05, 0.1) is 19.3 Å². The second kappa shape index (κ2) is 9.61. The van der Waals surface area contributed by atoms with Crippen LogP contribution in [0.1, 0.15) is 17.0 Å². The van der Waals surface area contributed by atoms with Crippen molar-refractivity contribution in [1.29, 1.82) is 0 Å². The molecule has 2 aromatic carbocycles. The number of pyridine rings is 1. The maximum atomic E-state index is 14.0. The van der Waals surface area contributed by atoms with E-state index in [2.05, 4.69) is 20.5 Å². The molecule has 1 N–H and O–H groups in total. The molecule has 0 aliphatic heterocycles. The summed E-state index contributed by atoms with van der Waals surface area (Å²) in [6, 6.07) is 18.0. The predicted octanol–water partition coefficient (Wildman–Crippen LogP) is 4.75. The number of methoxy groups -OCH3 is 1. The van der Waals surface area contributed by atoms with E-state index in [0.29, 0.717) is 17.0 Å². The number of carbonyl (C=O) groups is 1. The van der Waals surface area contributed by atoms with Gasteiger partial charge < -0.3 is 10.1 Å². The van der Waals surface area contributed by atoms with Crippen molar-refractivity contribution < 1.29 is 13.9 Å². The molecular formula is C27H25FN6O2. The fourth-order valence-electron chi connectivity index (χ4n) is 4.24. The van der Waals surface area contributed by atoms with Gasteiger partial charge in [-0.3, -0.25) is 9.48 Å². The molecule has 36 heavy (non-hydrogen) atoms. The van der Waals surface area contributed by atoms with Gasteiger partial charge in [0.2, 0.25) is 5.91 Å². The van der Waals surface area contributed by atoms with Gasteiger partial charge in [0.25, 0.3) is 0 Å². The van der Waals surface area contributed by atoms with Crippen LogP contribution in [0.2, 0.25) is 0 Å². The SMILES string of the molecule is COc1ccc(-c2ccnc3c2c(C)nn3CC(=O)Nc2cc(C)n(Cc3ccccc3F)n2)cc1. The highest BCUT2D eigenvalue weighted by atomic mass is 19.1. The quantitative estimate of drug-likeness (QED) is 0.360. The molecule has 0 aliphatic carbocycles. The molecule has 0 saturated heterocycles. The molecule has 0 spiro atoms. The Bertz CT molecular complexity index is 1550. The van der Waals surface area contributed by atoms with E-state index in [0.717, 1.165) is 33.7 Å². The fraction of sp³-hybridized carbons (Fsp3) is 0.185. The Balaban J connectivity index is 1.35. The monoisotopic (exact) mass is 484 g/mol. The molecule has 0 radical (unpaired) electrons. The minimum atomic E-state index is -0.291. The fourth-order valence-corrected chi connectivity index (χ4v) is 4.24. The van der Waals surface area contributed by atoms with Crippen molar-refractivity contribution in [3.05, 3.63) is 89.6 Å². The number of nitrogens with one attached hydrogen (secondary N) is 1. The van der Waals surface area contributed by atoms with Crippen LogP contribution in [0.4, 0.5) is 10.2 Å². The van der Waals surface area contributed by atoms with E-state index in [1.165, 1.54) is 6.07 Å². The zero-order chi connectivity index (χ0) is 25.2. The Kier molecular flexibility index (Phi) is 6.20. The van der Waals surface area contributed by atoms with Gasteiger partial charge in [0.15, 0.2) is 11.5 Å². The van der Waals surface area contributed by atoms with Gasteiger partial charge in [-0.1, -0.05) is 30.3 Å². The van der Waals surface area contributed by atoms with Gasteiger partial charge in [0.1, 0.15) is 18.1 Å². The lowest BCUT2D eigenvalue weighted by Gasteiger charge is -2.07. The molecule has 0 aliphatic rings. The molecule has 5 rings (SSSR count). The van der Waals surface area contributed by atoms with Crippen molar-refractivity contribution in [2.24, 2.45) is 0 Å². The van der Waals surface area contributed by atoms with Crippen LogP contribution >= 0.6 is 0 Å². The predicted molar refractivity (Wildman–Crippen MR) is 135 cm³/mol. The van der Waals surface area contributed by atoms with Crippen molar-refractivity contribution in [1.82, 2.24) is 24.5 Å². The number of amides is 1. The van der Waals surface area contributed by atoms with Gasteiger partial charge >= 0.3 is 0 Å². The van der Waals surface area contributed by atoms with Gasteiger partial charge in [-0.2, -0.15) is 10.2 Å². The third kappa shape index (κ3) is 4.55. The molecular weight excluding hydrogens is 459 g/mol. The normalized spacial score (nSPS) is 11.1. The minimum Gasteiger partial charge on any atom is -0.497 e. The van der Waals surface area contributed by atoms with Crippen LogP contribution < -0.4 is 10.1 Å². The first-order valence-electron chi connectivity index (χ1n) is 11.5. The van der Waals surface area contributed by atoms with Crippen LogP contribution in [-0.4, -0.2) is 37.6 Å². The van der Waals surface area contributed by atoms with Crippen LogP contribution in [0.3, 0.4) is 0 Å². The van der Waals surface area contributed by atoms with Crippen LogP contribution in [0.25, 0.3) is 22.2 Å². The molecule has 8 nitrogen and oxygen atoms in total. The van der Waals surface area contributed by atoms with Crippen LogP contribution in [-0.2, 0) is 17.9 Å². The second-order valence-corrected chi connectivity index (χ2v) is 8.50. The zero-order valence-corrected chi connectivity index (χ0v) is 20.2. The summed E-state index contributed by atoms with van der Waals surface area (Å²) < 4.78 is 22.5. The summed E-state index contributed by atoms with van der Waals surface area (Å²) in [5, 5.41) is 12.7. The largest absolute Gasteiger partial charge is 0.497 e. The van der Waals surface area contributed by atoms with E-state index >= 15 is 0 Å². The molecule has 0 fully saturated rings. The van der Waals surface area contributed by atoms with Gasteiger partial charge in [-0.25, -0.2) is 14.1 Å². The highest BCUT2D eigenvalue weighted by Gasteiger charge is 2.17. The zero-order valence-electron chi connectivity index (χ0n) is 20.2. The van der Waals surface area contributed by atoms with Crippen molar-refractivity contribution in [2.75, 3.05) is 12.4 Å². The summed E-state index contributed by atoms with van der Waals surface area (Å²) in [4.78, 5) is 17.4. The molecule has 0 unspecified atom stereocenters. The first kappa shape index (κ1) is 23.2. The van der Waals surface area contributed by atoms with E-state index in [9.17, 15) is 9.18 Å². The molecule has 0 atom stereocenters. The number of ether oxygens (including phenoxy) is 1. The minimum absolute atomic E-state index is 0.0252. The molecule has 3 aromatic heterocycles. The van der Waals surface area contributed by atoms with E-state index in [1.807, 2.05) is 44.2 Å². The number of aryl methyl sites for hydroxylation is 2. The smallest absolute Gasteiger partial charge is 0.247 e. The Morgan fingerprint density at radius 1 is 1.03 bits per heavy atom. The van der Waals surface area contributed by atoms with Crippen LogP contribution in [0, 0.1) is 19.7 Å². The number of hydrogen-bond acceptors (Lipinski definition) is 5. The Morgan fingerprint density at radius 2 is 1.81 bits per heavy atom. The molecule has 182 valence electrons. The van der Waals surface area contributed by atoms with E-state index < -0.39 is 0 Å². The molecule has 5 aromatic rings. The summed E-state index contributed by atoms with van der Waals surface area (Å²) >= 11 is 0. The molecule has 1 amide bonds. The number of carbonyl (C=O) groups excluding carboxylic acids is 1. The summed E-state index contributed by atoms with van der Waals surface area (Å²) in [5.74, 6) is 0.598. The number of nitrogens with zero attached hydrogens (tertiary/aromatic N) is 5. The maximum Gasteiger partial charge on any atom is 0.247 e. The average molecular weight is 485 g/mol. The Labute approximate surface area is 207 Å².